The lowest BCUT2D eigenvalue weighted by Crippen LogP contribution is -2.25. The standard InChI is InChI=1S/C19H24O2/c1-19(2)13-7-6-12-17(19)15-18(20)21-14-8-11-16-9-4-3-5-10-16/h3-7,9-10,12-13,17H,8,11,14-15H2,1-2H3. The smallest absolute Gasteiger partial charge is 0.306 e. The molecule has 1 atom stereocenters. The number of esters is 1. The lowest BCUT2D eigenvalue weighted by Gasteiger charge is -2.30. The largest absolute Gasteiger partial charge is 0.466 e. The molecule has 0 heterocycles. The van der Waals surface area contributed by atoms with Crippen LogP contribution in [-0.4, -0.2) is 12.6 Å². The highest BCUT2D eigenvalue weighted by atomic mass is 16.5. The molecule has 112 valence electrons. The van der Waals surface area contributed by atoms with Gasteiger partial charge in [-0.15, -0.1) is 0 Å². The highest BCUT2D eigenvalue weighted by Gasteiger charge is 2.28. The van der Waals surface area contributed by atoms with Crippen LogP contribution in [0.3, 0.4) is 0 Å². The Balaban J connectivity index is 1.68. The molecule has 0 spiro atoms. The molecule has 2 heteroatoms. The van der Waals surface area contributed by atoms with E-state index in [1.807, 2.05) is 30.4 Å². The minimum atomic E-state index is -0.0962. The van der Waals surface area contributed by atoms with Gasteiger partial charge in [0.15, 0.2) is 0 Å². The molecule has 2 rings (SSSR count). The third kappa shape index (κ3) is 4.89. The van der Waals surface area contributed by atoms with Crippen LogP contribution in [0, 0.1) is 11.3 Å². The molecule has 0 saturated carbocycles. The third-order valence-electron chi connectivity index (χ3n) is 4.04. The first-order chi connectivity index (χ1) is 10.1. The predicted octanol–water partition coefficient (Wildman–Crippen LogP) is 4.32. The van der Waals surface area contributed by atoms with E-state index in [9.17, 15) is 4.79 Å². The van der Waals surface area contributed by atoms with Crippen molar-refractivity contribution < 1.29 is 9.53 Å². The maximum Gasteiger partial charge on any atom is 0.306 e. The van der Waals surface area contributed by atoms with Crippen molar-refractivity contribution in [3.05, 3.63) is 60.2 Å². The number of benzene rings is 1. The predicted molar refractivity (Wildman–Crippen MR) is 85.9 cm³/mol. The quantitative estimate of drug-likeness (QED) is 0.574. The Labute approximate surface area is 127 Å². The van der Waals surface area contributed by atoms with Crippen molar-refractivity contribution in [2.24, 2.45) is 11.3 Å². The Morgan fingerprint density at radius 1 is 1.19 bits per heavy atom. The molecular formula is C19H24O2. The number of hydrogen-bond acceptors (Lipinski definition) is 2. The van der Waals surface area contributed by atoms with Crippen LogP contribution in [0.5, 0.6) is 0 Å². The van der Waals surface area contributed by atoms with Crippen LogP contribution in [0.25, 0.3) is 0 Å². The van der Waals surface area contributed by atoms with Crippen molar-refractivity contribution in [2.75, 3.05) is 6.61 Å². The van der Waals surface area contributed by atoms with Crippen LogP contribution in [-0.2, 0) is 16.0 Å². The fraction of sp³-hybridized carbons (Fsp3) is 0.421. The Kier molecular flexibility index (Phi) is 5.38. The zero-order valence-electron chi connectivity index (χ0n) is 12.9. The molecule has 2 nitrogen and oxygen atoms in total. The van der Waals surface area contributed by atoms with E-state index in [-0.39, 0.29) is 17.3 Å². The third-order valence-corrected chi connectivity index (χ3v) is 4.04. The van der Waals surface area contributed by atoms with Crippen LogP contribution in [0.4, 0.5) is 0 Å². The van der Waals surface area contributed by atoms with Gasteiger partial charge in [-0.1, -0.05) is 68.5 Å². The van der Waals surface area contributed by atoms with E-state index in [2.05, 4.69) is 38.1 Å². The van der Waals surface area contributed by atoms with Crippen LogP contribution in [0.15, 0.2) is 54.6 Å². The van der Waals surface area contributed by atoms with E-state index < -0.39 is 0 Å². The highest BCUT2D eigenvalue weighted by molar-refractivity contribution is 5.70. The molecule has 21 heavy (non-hydrogen) atoms. The number of ether oxygens (including phenoxy) is 1. The van der Waals surface area contributed by atoms with E-state index in [4.69, 9.17) is 4.74 Å². The first kappa shape index (κ1) is 15.6. The van der Waals surface area contributed by atoms with Gasteiger partial charge >= 0.3 is 5.97 Å². The molecule has 0 amide bonds. The Bertz CT molecular complexity index is 512. The fourth-order valence-electron chi connectivity index (χ4n) is 2.55. The molecule has 1 aromatic rings. The van der Waals surface area contributed by atoms with Gasteiger partial charge in [-0.05, 0) is 29.7 Å². The van der Waals surface area contributed by atoms with Gasteiger partial charge in [0.05, 0.1) is 13.0 Å². The first-order valence-electron chi connectivity index (χ1n) is 7.63. The molecule has 0 aliphatic heterocycles. The fourth-order valence-corrected chi connectivity index (χ4v) is 2.55. The van der Waals surface area contributed by atoms with Gasteiger partial charge < -0.3 is 4.74 Å². The monoisotopic (exact) mass is 284 g/mol. The van der Waals surface area contributed by atoms with Crippen molar-refractivity contribution in [1.29, 1.82) is 0 Å². The number of aryl methyl sites for hydroxylation is 1. The summed E-state index contributed by atoms with van der Waals surface area (Å²) in [5.41, 5.74) is 1.31. The summed E-state index contributed by atoms with van der Waals surface area (Å²) in [5, 5.41) is 0. The van der Waals surface area contributed by atoms with E-state index in [1.54, 1.807) is 0 Å². The van der Waals surface area contributed by atoms with Gasteiger partial charge in [0.1, 0.15) is 0 Å². The maximum atomic E-state index is 11.9. The Hall–Kier alpha value is -1.83. The van der Waals surface area contributed by atoms with Gasteiger partial charge in [0, 0.05) is 0 Å². The van der Waals surface area contributed by atoms with Crippen LogP contribution in [0.1, 0.15) is 32.3 Å². The summed E-state index contributed by atoms with van der Waals surface area (Å²) in [6, 6.07) is 10.3. The Morgan fingerprint density at radius 2 is 1.95 bits per heavy atom. The van der Waals surface area contributed by atoms with Crippen LogP contribution < -0.4 is 0 Å². The molecule has 1 aromatic carbocycles. The van der Waals surface area contributed by atoms with Crippen molar-refractivity contribution >= 4 is 5.97 Å². The molecule has 0 bridgehead atoms. The first-order valence-corrected chi connectivity index (χ1v) is 7.63. The van der Waals surface area contributed by atoms with Gasteiger partial charge in [0.25, 0.3) is 0 Å². The number of allylic oxidation sites excluding steroid dienone is 4. The average Bonchev–Trinajstić information content (AvgIpc) is 2.47. The summed E-state index contributed by atoms with van der Waals surface area (Å²) in [6.07, 6.45) is 10.6. The average molecular weight is 284 g/mol. The van der Waals surface area contributed by atoms with Crippen molar-refractivity contribution in [3.8, 4) is 0 Å². The van der Waals surface area contributed by atoms with Crippen molar-refractivity contribution in [2.45, 2.75) is 33.1 Å². The minimum Gasteiger partial charge on any atom is -0.466 e. The van der Waals surface area contributed by atoms with Gasteiger partial charge in [-0.25, -0.2) is 0 Å². The van der Waals surface area contributed by atoms with Crippen molar-refractivity contribution in [3.63, 3.8) is 0 Å². The van der Waals surface area contributed by atoms with Crippen molar-refractivity contribution in [1.82, 2.24) is 0 Å². The summed E-state index contributed by atoms with van der Waals surface area (Å²) in [4.78, 5) is 11.9. The molecule has 0 fully saturated rings. The molecule has 1 aliphatic carbocycles. The Morgan fingerprint density at radius 3 is 2.67 bits per heavy atom. The second-order valence-electron chi connectivity index (χ2n) is 6.19. The number of hydrogen-bond donors (Lipinski definition) is 0. The van der Waals surface area contributed by atoms with E-state index in [0.717, 1.165) is 12.8 Å². The molecule has 1 unspecified atom stereocenters. The van der Waals surface area contributed by atoms with E-state index >= 15 is 0 Å². The summed E-state index contributed by atoms with van der Waals surface area (Å²) in [7, 11) is 0. The van der Waals surface area contributed by atoms with Crippen LogP contribution in [0.2, 0.25) is 0 Å². The highest BCUT2D eigenvalue weighted by Crippen LogP contribution is 2.34. The van der Waals surface area contributed by atoms with Gasteiger partial charge in [-0.2, -0.15) is 0 Å². The van der Waals surface area contributed by atoms with E-state index in [1.165, 1.54) is 5.56 Å². The topological polar surface area (TPSA) is 26.3 Å². The molecule has 0 radical (unpaired) electrons. The molecule has 0 saturated heterocycles. The normalized spacial score (nSPS) is 19.4. The number of carbonyl (C=O) groups excluding carboxylic acids is 1. The van der Waals surface area contributed by atoms with E-state index in [0.29, 0.717) is 13.0 Å². The summed E-state index contributed by atoms with van der Waals surface area (Å²) < 4.78 is 5.36. The zero-order valence-corrected chi connectivity index (χ0v) is 12.9. The summed E-state index contributed by atoms with van der Waals surface area (Å²) >= 11 is 0. The lowest BCUT2D eigenvalue weighted by atomic mass is 9.74. The molecular weight excluding hydrogens is 260 g/mol. The zero-order chi connectivity index (χ0) is 15.1. The number of rotatable bonds is 6. The summed E-state index contributed by atoms with van der Waals surface area (Å²) in [6.45, 7) is 4.81. The lowest BCUT2D eigenvalue weighted by molar-refractivity contribution is -0.145. The molecule has 0 aromatic heterocycles. The second kappa shape index (κ2) is 7.26. The summed E-state index contributed by atoms with van der Waals surface area (Å²) in [5.74, 6) is 0.130. The minimum absolute atomic E-state index is 0.0256. The SMILES string of the molecule is CC1(C)C=CC=CC1CC(=O)OCCCc1ccccc1. The maximum absolute atomic E-state index is 11.9. The molecule has 1 aliphatic rings. The second-order valence-corrected chi connectivity index (χ2v) is 6.19. The molecule has 0 N–H and O–H groups in total. The van der Waals surface area contributed by atoms with Gasteiger partial charge in [-0.3, -0.25) is 4.79 Å². The van der Waals surface area contributed by atoms with Crippen LogP contribution >= 0.6 is 0 Å². The van der Waals surface area contributed by atoms with Gasteiger partial charge in [0.2, 0.25) is 0 Å². The number of carbonyl (C=O) groups is 1.